The summed E-state index contributed by atoms with van der Waals surface area (Å²) in [4.78, 5) is 25.9. The topological polar surface area (TPSA) is 66.8 Å². The third-order valence-electron chi connectivity index (χ3n) is 4.77. The second-order valence-electron chi connectivity index (χ2n) is 5.87. The third-order valence-corrected chi connectivity index (χ3v) is 4.77. The minimum absolute atomic E-state index is 0. The molecule has 2 aliphatic heterocycles. The maximum atomic E-state index is 12.2. The molecule has 22 heavy (non-hydrogen) atoms. The molecule has 3 rings (SSSR count). The van der Waals surface area contributed by atoms with Gasteiger partial charge in [0.15, 0.2) is 0 Å². The normalized spacial score (nSPS) is 30.4. The number of esters is 1. The van der Waals surface area contributed by atoms with Crippen molar-refractivity contribution in [1.29, 1.82) is 0 Å². The van der Waals surface area contributed by atoms with Crippen LogP contribution in [0.2, 0.25) is 0 Å². The molecular weight excluding hydrogens is 306 g/mol. The number of rotatable bonds is 3. The third kappa shape index (κ3) is 2.96. The van der Waals surface area contributed by atoms with E-state index in [1.807, 2.05) is 13.1 Å². The van der Waals surface area contributed by atoms with Crippen LogP contribution in [-0.4, -0.2) is 47.2 Å². The van der Waals surface area contributed by atoms with Gasteiger partial charge in [-0.1, -0.05) is 18.2 Å². The number of aliphatic carboxylic acids is 1. The highest BCUT2D eigenvalue weighted by Gasteiger charge is 2.50. The van der Waals surface area contributed by atoms with Crippen LogP contribution < -0.4 is 0 Å². The van der Waals surface area contributed by atoms with Gasteiger partial charge in [-0.05, 0) is 32.0 Å². The monoisotopic (exact) mass is 325 g/mol. The van der Waals surface area contributed by atoms with Crippen molar-refractivity contribution in [3.63, 3.8) is 0 Å². The van der Waals surface area contributed by atoms with Gasteiger partial charge in [0.05, 0.1) is 5.56 Å². The predicted octanol–water partition coefficient (Wildman–Crippen LogP) is 2.20. The zero-order valence-electron chi connectivity index (χ0n) is 12.3. The average molecular weight is 326 g/mol. The summed E-state index contributed by atoms with van der Waals surface area (Å²) in [5, 5.41) is 9.51. The number of halogens is 1. The number of hydrogen-bond donors (Lipinski definition) is 1. The summed E-state index contributed by atoms with van der Waals surface area (Å²) in [5.41, 5.74) is 0.466. The van der Waals surface area contributed by atoms with E-state index in [4.69, 9.17) is 4.74 Å². The maximum absolute atomic E-state index is 12.2. The molecule has 4 atom stereocenters. The lowest BCUT2D eigenvalue weighted by molar-refractivity contribution is -0.152. The van der Waals surface area contributed by atoms with Crippen LogP contribution >= 0.6 is 12.4 Å². The number of nitrogens with zero attached hydrogens (tertiary/aromatic N) is 1. The fourth-order valence-corrected chi connectivity index (χ4v) is 3.65. The van der Waals surface area contributed by atoms with E-state index >= 15 is 0 Å². The number of benzene rings is 1. The quantitative estimate of drug-likeness (QED) is 0.863. The number of carbonyl (C=O) groups is 2. The first-order valence-electron chi connectivity index (χ1n) is 7.28. The minimum Gasteiger partial charge on any atom is -0.481 e. The molecule has 0 amide bonds. The number of carbonyl (C=O) groups excluding carboxylic acids is 1. The molecule has 0 aromatic heterocycles. The summed E-state index contributed by atoms with van der Waals surface area (Å²) in [7, 11) is 1.97. The number of ether oxygens (including phenoxy) is 1. The Balaban J connectivity index is 0.00000176. The SMILES string of the molecule is CN1[C@H]2CC[C@@H]1[C@@H](C(=O)O)[C@@H](OC(=O)c1ccccc1)C2.Cl. The molecule has 120 valence electrons. The van der Waals surface area contributed by atoms with Crippen molar-refractivity contribution in [3.05, 3.63) is 35.9 Å². The highest BCUT2D eigenvalue weighted by molar-refractivity contribution is 5.89. The van der Waals surface area contributed by atoms with Gasteiger partial charge in [-0.3, -0.25) is 9.69 Å². The van der Waals surface area contributed by atoms with E-state index in [1.165, 1.54) is 0 Å². The molecule has 5 nitrogen and oxygen atoms in total. The van der Waals surface area contributed by atoms with Crippen LogP contribution in [0.15, 0.2) is 30.3 Å². The molecule has 0 radical (unpaired) electrons. The van der Waals surface area contributed by atoms with Crippen molar-refractivity contribution < 1.29 is 19.4 Å². The molecule has 1 aromatic carbocycles. The Bertz CT molecular complexity index is 550. The van der Waals surface area contributed by atoms with Gasteiger partial charge in [0.1, 0.15) is 12.0 Å². The van der Waals surface area contributed by atoms with Gasteiger partial charge in [0.2, 0.25) is 0 Å². The Morgan fingerprint density at radius 3 is 2.55 bits per heavy atom. The Morgan fingerprint density at radius 2 is 1.91 bits per heavy atom. The van der Waals surface area contributed by atoms with Crippen molar-refractivity contribution in [2.45, 2.75) is 37.5 Å². The molecule has 6 heteroatoms. The fraction of sp³-hybridized carbons (Fsp3) is 0.500. The molecule has 1 N–H and O–H groups in total. The summed E-state index contributed by atoms with van der Waals surface area (Å²) >= 11 is 0. The molecule has 2 fully saturated rings. The highest BCUT2D eigenvalue weighted by Crippen LogP contribution is 2.39. The molecule has 0 aliphatic carbocycles. The first-order chi connectivity index (χ1) is 10.1. The van der Waals surface area contributed by atoms with Gasteiger partial charge in [0.25, 0.3) is 0 Å². The standard InChI is InChI=1S/C16H19NO4.ClH/c1-17-11-7-8-12(17)14(15(18)19)13(9-11)21-16(20)10-5-3-2-4-6-10;/h2-6,11-14H,7-9H2,1H3,(H,18,19);1H/t11-,12+,13-,14+;/m0./s1. The van der Waals surface area contributed by atoms with E-state index in [2.05, 4.69) is 4.90 Å². The lowest BCUT2D eigenvalue weighted by atomic mass is 9.87. The average Bonchev–Trinajstić information content (AvgIpc) is 2.72. The molecule has 2 aliphatic rings. The van der Waals surface area contributed by atoms with Gasteiger partial charge in [-0.25, -0.2) is 4.79 Å². The van der Waals surface area contributed by atoms with E-state index in [0.717, 1.165) is 12.8 Å². The zero-order chi connectivity index (χ0) is 15.0. The van der Waals surface area contributed by atoms with Gasteiger partial charge < -0.3 is 9.84 Å². The number of fused-ring (bicyclic) bond motifs is 2. The number of hydrogen-bond acceptors (Lipinski definition) is 4. The molecule has 0 unspecified atom stereocenters. The van der Waals surface area contributed by atoms with Crippen LogP contribution in [0.1, 0.15) is 29.6 Å². The Morgan fingerprint density at radius 1 is 1.23 bits per heavy atom. The van der Waals surface area contributed by atoms with Crippen molar-refractivity contribution >= 4 is 24.3 Å². The van der Waals surface area contributed by atoms with E-state index < -0.39 is 24.0 Å². The van der Waals surface area contributed by atoms with Gasteiger partial charge >= 0.3 is 11.9 Å². The molecule has 2 saturated heterocycles. The van der Waals surface area contributed by atoms with E-state index in [1.54, 1.807) is 24.3 Å². The maximum Gasteiger partial charge on any atom is 0.338 e. The van der Waals surface area contributed by atoms with Crippen LogP contribution in [0.3, 0.4) is 0 Å². The second kappa shape index (κ2) is 6.67. The van der Waals surface area contributed by atoms with Crippen LogP contribution in [0.5, 0.6) is 0 Å². The van der Waals surface area contributed by atoms with Crippen molar-refractivity contribution in [2.75, 3.05) is 7.05 Å². The summed E-state index contributed by atoms with van der Waals surface area (Å²) in [6, 6.07) is 9.01. The lowest BCUT2D eigenvalue weighted by Gasteiger charge is -2.40. The van der Waals surface area contributed by atoms with Crippen molar-refractivity contribution in [2.24, 2.45) is 5.92 Å². The highest BCUT2D eigenvalue weighted by atomic mass is 35.5. The van der Waals surface area contributed by atoms with Crippen LogP contribution in [0.25, 0.3) is 0 Å². The lowest BCUT2D eigenvalue weighted by Crippen LogP contribution is -2.53. The fourth-order valence-electron chi connectivity index (χ4n) is 3.65. The molecule has 1 aromatic rings. The van der Waals surface area contributed by atoms with E-state index in [0.29, 0.717) is 18.0 Å². The van der Waals surface area contributed by atoms with E-state index in [-0.39, 0.29) is 18.4 Å². The van der Waals surface area contributed by atoms with Crippen LogP contribution in [-0.2, 0) is 9.53 Å². The zero-order valence-corrected chi connectivity index (χ0v) is 13.2. The minimum atomic E-state index is -0.877. The Hall–Kier alpha value is -1.59. The second-order valence-corrected chi connectivity index (χ2v) is 5.87. The Kier molecular flexibility index (Phi) is 5.08. The van der Waals surface area contributed by atoms with Crippen LogP contribution in [0, 0.1) is 5.92 Å². The van der Waals surface area contributed by atoms with Crippen molar-refractivity contribution in [1.82, 2.24) is 4.90 Å². The van der Waals surface area contributed by atoms with Crippen molar-refractivity contribution in [3.8, 4) is 0 Å². The van der Waals surface area contributed by atoms with Gasteiger partial charge in [0, 0.05) is 18.5 Å². The van der Waals surface area contributed by atoms with E-state index in [9.17, 15) is 14.7 Å². The summed E-state index contributed by atoms with van der Waals surface area (Å²) in [6.45, 7) is 0. The molecule has 2 bridgehead atoms. The Labute approximate surface area is 135 Å². The number of carboxylic acids is 1. The smallest absolute Gasteiger partial charge is 0.338 e. The summed E-state index contributed by atoms with van der Waals surface area (Å²) in [6.07, 6.45) is 1.90. The molecule has 2 heterocycles. The molecule has 0 saturated carbocycles. The predicted molar refractivity (Wildman–Crippen MR) is 83.2 cm³/mol. The van der Waals surface area contributed by atoms with Gasteiger partial charge in [-0.2, -0.15) is 0 Å². The van der Waals surface area contributed by atoms with Crippen LogP contribution in [0.4, 0.5) is 0 Å². The van der Waals surface area contributed by atoms with Gasteiger partial charge in [-0.15, -0.1) is 12.4 Å². The first-order valence-corrected chi connectivity index (χ1v) is 7.28. The summed E-state index contributed by atoms with van der Waals surface area (Å²) < 4.78 is 5.53. The number of piperidine rings is 1. The molecule has 0 spiro atoms. The molecular formula is C16H20ClNO4. The number of carboxylic acid groups (broad SMARTS) is 1. The first kappa shape index (κ1) is 16.8. The summed E-state index contributed by atoms with van der Waals surface area (Å²) in [5.74, 6) is -1.95. The largest absolute Gasteiger partial charge is 0.481 e.